The van der Waals surface area contributed by atoms with Crippen LogP contribution in [-0.2, 0) is 0 Å². The van der Waals surface area contributed by atoms with Gasteiger partial charge in [-0.3, -0.25) is 4.79 Å². The maximum atomic E-state index is 13.5. The van der Waals surface area contributed by atoms with E-state index in [2.05, 4.69) is 5.32 Å². The minimum Gasteiger partial charge on any atom is -0.349 e. The van der Waals surface area contributed by atoms with Crippen molar-refractivity contribution in [1.29, 1.82) is 0 Å². The molecule has 1 N–H and O–H groups in total. The highest BCUT2D eigenvalue weighted by atomic mass is 32.2. The molecule has 4 heteroatoms. The van der Waals surface area contributed by atoms with Crippen molar-refractivity contribution >= 4 is 17.7 Å². The van der Waals surface area contributed by atoms with Crippen LogP contribution in [0.25, 0.3) is 0 Å². The molecule has 1 atom stereocenters. The minimum atomic E-state index is -0.467. The Hall–Kier alpha value is -1.03. The first-order valence-electron chi connectivity index (χ1n) is 5.60. The van der Waals surface area contributed by atoms with Gasteiger partial charge in [-0.2, -0.15) is 11.8 Å². The lowest BCUT2D eigenvalue weighted by Crippen LogP contribution is -2.33. The number of rotatable bonds is 5. The largest absolute Gasteiger partial charge is 0.349 e. The first kappa shape index (κ1) is 14.0. The Labute approximate surface area is 106 Å². The number of amides is 1. The molecule has 0 aliphatic carbocycles. The molecule has 17 heavy (non-hydrogen) atoms. The van der Waals surface area contributed by atoms with Crippen LogP contribution in [0.1, 0.15) is 29.3 Å². The second kappa shape index (κ2) is 6.64. The fourth-order valence-corrected chi connectivity index (χ4v) is 2.07. The zero-order valence-electron chi connectivity index (χ0n) is 10.4. The van der Waals surface area contributed by atoms with Gasteiger partial charge in [0.2, 0.25) is 0 Å². The van der Waals surface area contributed by atoms with E-state index in [0.717, 1.165) is 17.7 Å². The van der Waals surface area contributed by atoms with Gasteiger partial charge >= 0.3 is 0 Å². The van der Waals surface area contributed by atoms with Gasteiger partial charge in [-0.25, -0.2) is 4.39 Å². The van der Waals surface area contributed by atoms with Crippen LogP contribution < -0.4 is 5.32 Å². The van der Waals surface area contributed by atoms with Gasteiger partial charge in [0.1, 0.15) is 5.82 Å². The molecule has 0 unspecified atom stereocenters. The van der Waals surface area contributed by atoms with Crippen LogP contribution >= 0.6 is 11.8 Å². The smallest absolute Gasteiger partial charge is 0.254 e. The normalized spacial score (nSPS) is 12.2. The van der Waals surface area contributed by atoms with Crippen molar-refractivity contribution < 1.29 is 9.18 Å². The lowest BCUT2D eigenvalue weighted by molar-refractivity contribution is 0.0935. The molecule has 1 rings (SSSR count). The third-order valence-corrected chi connectivity index (χ3v) is 3.14. The van der Waals surface area contributed by atoms with E-state index < -0.39 is 5.82 Å². The van der Waals surface area contributed by atoms with E-state index in [0.29, 0.717) is 0 Å². The zero-order valence-corrected chi connectivity index (χ0v) is 11.2. The molecule has 0 fully saturated rings. The summed E-state index contributed by atoms with van der Waals surface area (Å²) in [7, 11) is 0. The number of benzene rings is 1. The monoisotopic (exact) mass is 255 g/mol. The molecule has 2 nitrogen and oxygen atoms in total. The first-order valence-corrected chi connectivity index (χ1v) is 7.00. The number of thioether (sulfide) groups is 1. The molecule has 0 aliphatic heterocycles. The molecule has 0 radical (unpaired) electrons. The molecular weight excluding hydrogens is 237 g/mol. The van der Waals surface area contributed by atoms with E-state index in [-0.39, 0.29) is 17.5 Å². The topological polar surface area (TPSA) is 29.1 Å². The van der Waals surface area contributed by atoms with E-state index in [9.17, 15) is 9.18 Å². The number of carbonyl (C=O) groups is 1. The lowest BCUT2D eigenvalue weighted by atomic mass is 10.1. The highest BCUT2D eigenvalue weighted by molar-refractivity contribution is 7.98. The number of hydrogen-bond donors (Lipinski definition) is 1. The van der Waals surface area contributed by atoms with E-state index in [4.69, 9.17) is 0 Å². The third kappa shape index (κ3) is 4.38. The number of aryl methyl sites for hydroxylation is 1. The summed E-state index contributed by atoms with van der Waals surface area (Å²) in [6, 6.07) is 4.63. The fourth-order valence-electron chi connectivity index (χ4n) is 1.48. The predicted octanol–water partition coefficient (Wildman–Crippen LogP) is 3.01. The van der Waals surface area contributed by atoms with Crippen LogP contribution in [0.2, 0.25) is 0 Å². The Morgan fingerprint density at radius 1 is 1.53 bits per heavy atom. The van der Waals surface area contributed by atoms with Crippen LogP contribution in [-0.4, -0.2) is 24.0 Å². The third-order valence-electron chi connectivity index (χ3n) is 2.50. The number of halogens is 1. The van der Waals surface area contributed by atoms with E-state index in [1.54, 1.807) is 23.9 Å². The first-order chi connectivity index (χ1) is 8.04. The zero-order chi connectivity index (χ0) is 12.8. The lowest BCUT2D eigenvalue weighted by Gasteiger charge is -2.13. The van der Waals surface area contributed by atoms with Crippen LogP contribution in [0.3, 0.4) is 0 Å². The van der Waals surface area contributed by atoms with Crippen molar-refractivity contribution in [2.45, 2.75) is 26.3 Å². The van der Waals surface area contributed by atoms with Gasteiger partial charge in [-0.15, -0.1) is 0 Å². The summed E-state index contributed by atoms with van der Waals surface area (Å²) in [5, 5.41) is 2.81. The Bertz CT molecular complexity index is 395. The molecule has 0 bridgehead atoms. The summed E-state index contributed by atoms with van der Waals surface area (Å²) in [5.74, 6) is 0.183. The van der Waals surface area contributed by atoms with Crippen LogP contribution in [0.5, 0.6) is 0 Å². The molecule has 0 saturated heterocycles. The Kier molecular flexibility index (Phi) is 5.48. The van der Waals surface area contributed by atoms with Gasteiger partial charge in [0, 0.05) is 6.04 Å². The maximum Gasteiger partial charge on any atom is 0.254 e. The predicted molar refractivity (Wildman–Crippen MR) is 71.1 cm³/mol. The molecule has 1 aromatic rings. The van der Waals surface area contributed by atoms with Gasteiger partial charge < -0.3 is 5.32 Å². The van der Waals surface area contributed by atoms with Gasteiger partial charge in [-0.1, -0.05) is 11.6 Å². The minimum absolute atomic E-state index is 0.0647. The van der Waals surface area contributed by atoms with Crippen molar-refractivity contribution in [2.24, 2.45) is 0 Å². The molecule has 0 heterocycles. The average molecular weight is 255 g/mol. The summed E-state index contributed by atoms with van der Waals surface area (Å²) >= 11 is 1.73. The van der Waals surface area contributed by atoms with Crippen LogP contribution in [0.15, 0.2) is 18.2 Å². The van der Waals surface area contributed by atoms with E-state index in [1.165, 1.54) is 6.07 Å². The molecule has 1 aromatic carbocycles. The Balaban J connectivity index is 2.66. The summed E-state index contributed by atoms with van der Waals surface area (Å²) < 4.78 is 13.5. The molecule has 0 saturated carbocycles. The summed E-state index contributed by atoms with van der Waals surface area (Å²) in [6.07, 6.45) is 2.91. The van der Waals surface area contributed by atoms with Crippen molar-refractivity contribution in [3.8, 4) is 0 Å². The molecule has 0 spiro atoms. The Morgan fingerprint density at radius 2 is 2.24 bits per heavy atom. The van der Waals surface area contributed by atoms with Crippen molar-refractivity contribution in [1.82, 2.24) is 5.32 Å². The van der Waals surface area contributed by atoms with E-state index in [1.807, 2.05) is 20.1 Å². The average Bonchev–Trinajstić information content (AvgIpc) is 2.29. The van der Waals surface area contributed by atoms with Crippen LogP contribution in [0, 0.1) is 12.7 Å². The van der Waals surface area contributed by atoms with Crippen molar-refractivity contribution in [2.75, 3.05) is 12.0 Å². The highest BCUT2D eigenvalue weighted by Crippen LogP contribution is 2.10. The second-order valence-electron chi connectivity index (χ2n) is 4.14. The highest BCUT2D eigenvalue weighted by Gasteiger charge is 2.13. The second-order valence-corrected chi connectivity index (χ2v) is 5.12. The summed E-state index contributed by atoms with van der Waals surface area (Å²) in [4.78, 5) is 11.8. The summed E-state index contributed by atoms with van der Waals surface area (Å²) in [5.41, 5.74) is 1.01. The summed E-state index contributed by atoms with van der Waals surface area (Å²) in [6.45, 7) is 3.77. The molecule has 94 valence electrons. The van der Waals surface area contributed by atoms with E-state index >= 15 is 0 Å². The van der Waals surface area contributed by atoms with Crippen molar-refractivity contribution in [3.63, 3.8) is 0 Å². The van der Waals surface area contributed by atoms with Gasteiger partial charge in [0.15, 0.2) is 0 Å². The fraction of sp³-hybridized carbons (Fsp3) is 0.462. The van der Waals surface area contributed by atoms with Crippen molar-refractivity contribution in [3.05, 3.63) is 35.1 Å². The van der Waals surface area contributed by atoms with Gasteiger partial charge in [-0.05, 0) is 44.4 Å². The quantitative estimate of drug-likeness (QED) is 0.876. The molecule has 0 aromatic heterocycles. The van der Waals surface area contributed by atoms with Gasteiger partial charge in [0.05, 0.1) is 5.56 Å². The maximum absolute atomic E-state index is 13.5. The number of hydrogen-bond acceptors (Lipinski definition) is 2. The number of nitrogens with one attached hydrogen (secondary N) is 1. The molecule has 0 aliphatic rings. The number of carbonyl (C=O) groups excluding carboxylic acids is 1. The van der Waals surface area contributed by atoms with Crippen LogP contribution in [0.4, 0.5) is 4.39 Å². The molecule has 1 amide bonds. The van der Waals surface area contributed by atoms with Gasteiger partial charge in [0.25, 0.3) is 5.91 Å². The Morgan fingerprint density at radius 3 is 2.88 bits per heavy atom. The molecular formula is C13H18FNOS. The standard InChI is InChI=1S/C13H18FNOS/c1-9-4-5-12(14)11(8-9)13(16)15-10(2)6-7-17-3/h4-5,8,10H,6-7H2,1-3H3,(H,15,16)/t10-/m1/s1. The SMILES string of the molecule is CSCC[C@@H](C)NC(=O)c1cc(C)ccc1F.